The van der Waals surface area contributed by atoms with E-state index in [0.717, 1.165) is 17.4 Å². The lowest BCUT2D eigenvalue weighted by Crippen LogP contribution is -2.15. The van der Waals surface area contributed by atoms with Gasteiger partial charge < -0.3 is 9.73 Å². The molecule has 4 rings (SSSR count). The standard InChI is InChI=1S/C22H20N4O4S2/c1-14-18(23-21(30-14)16-6-4-3-5-7-16)12-20(27)25-22-24-19(13-31-22)15-8-10-17(11-9-15)26-32(2,28)29/h3-11,13,26H,12H2,1-2H3,(H,24,25,27). The highest BCUT2D eigenvalue weighted by atomic mass is 32.2. The molecular weight excluding hydrogens is 448 g/mol. The van der Waals surface area contributed by atoms with Gasteiger partial charge in [-0.2, -0.15) is 0 Å². The van der Waals surface area contributed by atoms with Gasteiger partial charge in [0.1, 0.15) is 5.76 Å². The monoisotopic (exact) mass is 468 g/mol. The summed E-state index contributed by atoms with van der Waals surface area (Å²) in [4.78, 5) is 21.4. The second-order valence-electron chi connectivity index (χ2n) is 7.10. The number of carbonyl (C=O) groups excluding carboxylic acids is 1. The number of carbonyl (C=O) groups is 1. The zero-order valence-corrected chi connectivity index (χ0v) is 19.0. The Kier molecular flexibility index (Phi) is 6.06. The maximum Gasteiger partial charge on any atom is 0.232 e. The zero-order chi connectivity index (χ0) is 22.7. The van der Waals surface area contributed by atoms with Gasteiger partial charge in [0, 0.05) is 22.2 Å². The third-order valence-corrected chi connectivity index (χ3v) is 5.84. The molecule has 2 heterocycles. The molecule has 164 valence electrons. The Morgan fingerprint density at radius 2 is 1.75 bits per heavy atom. The third kappa shape index (κ3) is 5.40. The number of hydrogen-bond donors (Lipinski definition) is 2. The average molecular weight is 469 g/mol. The van der Waals surface area contributed by atoms with Crippen LogP contribution in [0.2, 0.25) is 0 Å². The highest BCUT2D eigenvalue weighted by Gasteiger charge is 2.16. The molecule has 8 nitrogen and oxygen atoms in total. The Morgan fingerprint density at radius 3 is 2.44 bits per heavy atom. The van der Waals surface area contributed by atoms with E-state index in [2.05, 4.69) is 20.0 Å². The molecule has 0 atom stereocenters. The molecule has 2 aromatic heterocycles. The van der Waals surface area contributed by atoms with E-state index in [1.54, 1.807) is 31.2 Å². The van der Waals surface area contributed by atoms with Gasteiger partial charge in [0.2, 0.25) is 21.8 Å². The van der Waals surface area contributed by atoms with E-state index in [4.69, 9.17) is 4.42 Å². The van der Waals surface area contributed by atoms with Crippen LogP contribution in [-0.2, 0) is 21.2 Å². The minimum atomic E-state index is -3.33. The molecular formula is C22H20N4O4S2. The summed E-state index contributed by atoms with van der Waals surface area (Å²) in [7, 11) is -3.33. The number of nitrogens with zero attached hydrogens (tertiary/aromatic N) is 2. The molecule has 4 aromatic rings. The minimum Gasteiger partial charge on any atom is -0.441 e. The lowest BCUT2D eigenvalue weighted by atomic mass is 10.1. The molecule has 0 saturated heterocycles. The molecule has 32 heavy (non-hydrogen) atoms. The Bertz CT molecular complexity index is 1340. The Labute approximate surface area is 189 Å². The van der Waals surface area contributed by atoms with Crippen LogP contribution in [-0.4, -0.2) is 30.5 Å². The van der Waals surface area contributed by atoms with Crippen molar-refractivity contribution in [1.82, 2.24) is 9.97 Å². The quantitative estimate of drug-likeness (QED) is 0.417. The smallest absolute Gasteiger partial charge is 0.232 e. The van der Waals surface area contributed by atoms with Crippen molar-refractivity contribution in [3.05, 3.63) is 71.4 Å². The molecule has 0 spiro atoms. The van der Waals surface area contributed by atoms with Gasteiger partial charge in [-0.15, -0.1) is 11.3 Å². The van der Waals surface area contributed by atoms with Gasteiger partial charge in [0.05, 0.1) is 24.1 Å². The summed E-state index contributed by atoms with van der Waals surface area (Å²) in [6, 6.07) is 16.4. The first kappa shape index (κ1) is 21.7. The highest BCUT2D eigenvalue weighted by Crippen LogP contribution is 2.27. The van der Waals surface area contributed by atoms with Gasteiger partial charge in [-0.3, -0.25) is 9.52 Å². The highest BCUT2D eigenvalue weighted by molar-refractivity contribution is 7.92. The maximum atomic E-state index is 12.5. The van der Waals surface area contributed by atoms with Gasteiger partial charge in [-0.1, -0.05) is 30.3 Å². The van der Waals surface area contributed by atoms with E-state index in [-0.39, 0.29) is 12.3 Å². The number of sulfonamides is 1. The van der Waals surface area contributed by atoms with Crippen LogP contribution in [0.3, 0.4) is 0 Å². The van der Waals surface area contributed by atoms with Crippen LogP contribution in [0.1, 0.15) is 11.5 Å². The first-order valence-electron chi connectivity index (χ1n) is 9.62. The number of oxazole rings is 1. The van der Waals surface area contributed by atoms with Crippen LogP contribution >= 0.6 is 11.3 Å². The summed E-state index contributed by atoms with van der Waals surface area (Å²) in [6.45, 7) is 1.78. The lowest BCUT2D eigenvalue weighted by molar-refractivity contribution is -0.115. The first-order chi connectivity index (χ1) is 15.3. The summed E-state index contributed by atoms with van der Waals surface area (Å²) < 4.78 is 30.8. The molecule has 2 N–H and O–H groups in total. The Balaban J connectivity index is 1.41. The van der Waals surface area contributed by atoms with E-state index < -0.39 is 10.0 Å². The lowest BCUT2D eigenvalue weighted by Gasteiger charge is -2.04. The molecule has 0 aliphatic heterocycles. The van der Waals surface area contributed by atoms with Crippen LogP contribution < -0.4 is 10.0 Å². The number of amides is 1. The normalized spacial score (nSPS) is 11.3. The molecule has 0 aliphatic rings. The number of benzene rings is 2. The molecule has 2 aromatic carbocycles. The fraction of sp³-hybridized carbons (Fsp3) is 0.136. The summed E-state index contributed by atoms with van der Waals surface area (Å²) in [6.07, 6.45) is 1.17. The van der Waals surface area contributed by atoms with Gasteiger partial charge in [0.15, 0.2) is 5.13 Å². The molecule has 0 bridgehead atoms. The topological polar surface area (TPSA) is 114 Å². The van der Waals surface area contributed by atoms with Crippen molar-refractivity contribution in [2.75, 3.05) is 16.3 Å². The molecule has 0 aliphatic carbocycles. The van der Waals surface area contributed by atoms with Crippen molar-refractivity contribution in [1.29, 1.82) is 0 Å². The van der Waals surface area contributed by atoms with E-state index >= 15 is 0 Å². The fourth-order valence-corrected chi connectivity index (χ4v) is 4.30. The van der Waals surface area contributed by atoms with Crippen molar-refractivity contribution < 1.29 is 17.6 Å². The molecule has 1 amide bonds. The van der Waals surface area contributed by atoms with Crippen LogP contribution in [0.25, 0.3) is 22.7 Å². The number of thiazole rings is 1. The van der Waals surface area contributed by atoms with E-state index in [1.807, 2.05) is 35.7 Å². The average Bonchev–Trinajstić information content (AvgIpc) is 3.35. The number of aromatic nitrogens is 2. The van der Waals surface area contributed by atoms with Crippen LogP contribution in [0, 0.1) is 6.92 Å². The first-order valence-corrected chi connectivity index (χ1v) is 12.4. The Hall–Kier alpha value is -3.50. The van der Waals surface area contributed by atoms with Crippen molar-refractivity contribution in [2.24, 2.45) is 0 Å². The van der Waals surface area contributed by atoms with Gasteiger partial charge in [-0.25, -0.2) is 18.4 Å². The predicted octanol–water partition coefficient (Wildman–Crippen LogP) is 4.33. The van der Waals surface area contributed by atoms with E-state index in [9.17, 15) is 13.2 Å². The summed E-state index contributed by atoms with van der Waals surface area (Å²) in [5, 5.41) is 5.08. The molecule has 0 radical (unpaired) electrons. The number of nitrogens with one attached hydrogen (secondary N) is 2. The van der Waals surface area contributed by atoms with Gasteiger partial charge in [-0.05, 0) is 31.2 Å². The number of hydrogen-bond acceptors (Lipinski definition) is 7. The second kappa shape index (κ2) is 8.93. The zero-order valence-electron chi connectivity index (χ0n) is 17.3. The molecule has 0 saturated carbocycles. The third-order valence-electron chi connectivity index (χ3n) is 4.48. The van der Waals surface area contributed by atoms with Crippen LogP contribution in [0.15, 0.2) is 64.4 Å². The minimum absolute atomic E-state index is 0.0724. The Morgan fingerprint density at radius 1 is 1.03 bits per heavy atom. The van der Waals surface area contributed by atoms with Crippen molar-refractivity contribution >= 4 is 38.1 Å². The predicted molar refractivity (Wildman–Crippen MR) is 125 cm³/mol. The molecule has 10 heteroatoms. The number of aryl methyl sites for hydroxylation is 1. The van der Waals surface area contributed by atoms with E-state index in [0.29, 0.717) is 33.9 Å². The van der Waals surface area contributed by atoms with Crippen LogP contribution in [0.5, 0.6) is 0 Å². The summed E-state index contributed by atoms with van der Waals surface area (Å²) in [5.74, 6) is 0.840. The second-order valence-corrected chi connectivity index (χ2v) is 9.71. The maximum absolute atomic E-state index is 12.5. The summed E-state index contributed by atoms with van der Waals surface area (Å²) in [5.41, 5.74) is 3.38. The molecule has 0 unspecified atom stereocenters. The number of anilines is 2. The fourth-order valence-electron chi connectivity index (χ4n) is 3.00. The summed E-state index contributed by atoms with van der Waals surface area (Å²) >= 11 is 1.31. The number of rotatable bonds is 7. The largest absolute Gasteiger partial charge is 0.441 e. The van der Waals surface area contributed by atoms with Gasteiger partial charge in [0.25, 0.3) is 0 Å². The van der Waals surface area contributed by atoms with Gasteiger partial charge >= 0.3 is 0 Å². The SMILES string of the molecule is Cc1oc(-c2ccccc2)nc1CC(=O)Nc1nc(-c2ccc(NS(C)(=O)=O)cc2)cs1. The van der Waals surface area contributed by atoms with Crippen LogP contribution in [0.4, 0.5) is 10.8 Å². The van der Waals surface area contributed by atoms with Crippen molar-refractivity contribution in [3.63, 3.8) is 0 Å². The van der Waals surface area contributed by atoms with E-state index in [1.165, 1.54) is 11.3 Å². The molecule has 0 fully saturated rings. The van der Waals surface area contributed by atoms with Crippen molar-refractivity contribution in [2.45, 2.75) is 13.3 Å². The van der Waals surface area contributed by atoms with Crippen molar-refractivity contribution in [3.8, 4) is 22.7 Å².